The predicted octanol–water partition coefficient (Wildman–Crippen LogP) is 3.66. The van der Waals surface area contributed by atoms with Crippen LogP contribution in [-0.2, 0) is 11.2 Å². The van der Waals surface area contributed by atoms with Crippen molar-refractivity contribution in [2.24, 2.45) is 0 Å². The summed E-state index contributed by atoms with van der Waals surface area (Å²) in [6.45, 7) is 6.71. The summed E-state index contributed by atoms with van der Waals surface area (Å²) in [5.41, 5.74) is 2.93. The SMILES string of the molecule is CCCc1cccc(C(C)C)c1.N=C=O. The summed E-state index contributed by atoms with van der Waals surface area (Å²) in [4.78, 5) is 8.35. The molecule has 0 saturated heterocycles. The number of isocyanates is 1. The van der Waals surface area contributed by atoms with Gasteiger partial charge in [0, 0.05) is 0 Å². The molecule has 0 aliphatic rings. The molecule has 1 aromatic carbocycles. The van der Waals surface area contributed by atoms with E-state index >= 15 is 0 Å². The van der Waals surface area contributed by atoms with Gasteiger partial charge in [0.15, 0.2) is 0 Å². The van der Waals surface area contributed by atoms with Crippen molar-refractivity contribution in [3.63, 3.8) is 0 Å². The summed E-state index contributed by atoms with van der Waals surface area (Å²) < 4.78 is 0. The van der Waals surface area contributed by atoms with E-state index in [0.29, 0.717) is 5.92 Å². The van der Waals surface area contributed by atoms with Gasteiger partial charge in [-0.3, -0.25) is 0 Å². The zero-order chi connectivity index (χ0) is 11.7. The maximum absolute atomic E-state index is 8.35. The highest BCUT2D eigenvalue weighted by Gasteiger charge is 1.98. The summed E-state index contributed by atoms with van der Waals surface area (Å²) in [5.74, 6) is 0.654. The van der Waals surface area contributed by atoms with Crippen LogP contribution in [0.2, 0.25) is 0 Å². The Hall–Kier alpha value is -1.40. The first kappa shape index (κ1) is 13.6. The average Bonchev–Trinajstić information content (AvgIpc) is 2.20. The first-order valence-corrected chi connectivity index (χ1v) is 5.28. The number of rotatable bonds is 3. The summed E-state index contributed by atoms with van der Waals surface area (Å²) >= 11 is 0. The van der Waals surface area contributed by atoms with Crippen molar-refractivity contribution >= 4 is 6.08 Å². The Morgan fingerprint density at radius 1 is 1.40 bits per heavy atom. The number of hydrogen-bond donors (Lipinski definition) is 1. The molecular weight excluding hydrogens is 186 g/mol. The molecule has 1 aromatic rings. The Kier molecular flexibility index (Phi) is 7.21. The monoisotopic (exact) mass is 205 g/mol. The zero-order valence-corrected chi connectivity index (χ0v) is 9.71. The number of nitrogens with one attached hydrogen (secondary N) is 1. The van der Waals surface area contributed by atoms with E-state index in [1.54, 1.807) is 0 Å². The van der Waals surface area contributed by atoms with Crippen molar-refractivity contribution in [1.82, 2.24) is 0 Å². The van der Waals surface area contributed by atoms with Gasteiger partial charge in [-0.15, -0.1) is 0 Å². The molecule has 0 atom stereocenters. The molecular formula is C13H19NO. The van der Waals surface area contributed by atoms with Gasteiger partial charge >= 0.3 is 0 Å². The Balaban J connectivity index is 0.000000583. The molecule has 2 nitrogen and oxygen atoms in total. The topological polar surface area (TPSA) is 40.9 Å². The maximum atomic E-state index is 8.35. The molecule has 1 rings (SSSR count). The van der Waals surface area contributed by atoms with Crippen LogP contribution in [0, 0.1) is 5.41 Å². The lowest BCUT2D eigenvalue weighted by Gasteiger charge is -2.06. The molecule has 0 aromatic heterocycles. The fourth-order valence-electron chi connectivity index (χ4n) is 1.40. The second-order valence-corrected chi connectivity index (χ2v) is 3.75. The number of carbonyl (C=O) groups excluding carboxylic acids is 1. The van der Waals surface area contributed by atoms with E-state index in [-0.39, 0.29) is 0 Å². The molecule has 0 bridgehead atoms. The van der Waals surface area contributed by atoms with Gasteiger partial charge in [-0.1, -0.05) is 51.5 Å². The van der Waals surface area contributed by atoms with E-state index in [1.165, 1.54) is 24.0 Å². The third kappa shape index (κ3) is 5.82. The smallest absolute Gasteiger partial charge is 0.222 e. The standard InChI is InChI=1S/C12H18.CHNO/c1-4-6-11-7-5-8-12(9-11)10(2)3;2-1-3/h5,7-10H,4,6H2,1-3H3;2H. The second-order valence-electron chi connectivity index (χ2n) is 3.75. The number of hydrogen-bond acceptors (Lipinski definition) is 2. The van der Waals surface area contributed by atoms with Crippen molar-refractivity contribution in [2.45, 2.75) is 39.5 Å². The molecule has 82 valence electrons. The highest BCUT2D eigenvalue weighted by Crippen LogP contribution is 2.16. The largest absolute Gasteiger partial charge is 0.231 e. The summed E-state index contributed by atoms with van der Waals surface area (Å²) in [6.07, 6.45) is 3.20. The second kappa shape index (κ2) is 7.95. The molecule has 15 heavy (non-hydrogen) atoms. The Morgan fingerprint density at radius 3 is 2.47 bits per heavy atom. The van der Waals surface area contributed by atoms with Gasteiger partial charge in [0.2, 0.25) is 6.08 Å². The fraction of sp³-hybridized carbons (Fsp3) is 0.462. The zero-order valence-electron chi connectivity index (χ0n) is 9.71. The van der Waals surface area contributed by atoms with Crippen LogP contribution in [0.25, 0.3) is 0 Å². The van der Waals surface area contributed by atoms with Crippen LogP contribution in [-0.4, -0.2) is 6.08 Å². The van der Waals surface area contributed by atoms with E-state index in [9.17, 15) is 0 Å². The van der Waals surface area contributed by atoms with Crippen molar-refractivity contribution in [2.75, 3.05) is 0 Å². The van der Waals surface area contributed by atoms with Crippen LogP contribution in [0.1, 0.15) is 44.2 Å². The lowest BCUT2D eigenvalue weighted by atomic mass is 9.99. The molecule has 0 unspecified atom stereocenters. The van der Waals surface area contributed by atoms with Crippen molar-refractivity contribution in [3.8, 4) is 0 Å². The fourth-order valence-corrected chi connectivity index (χ4v) is 1.40. The van der Waals surface area contributed by atoms with Crippen molar-refractivity contribution in [3.05, 3.63) is 35.4 Å². The predicted molar refractivity (Wildman–Crippen MR) is 62.9 cm³/mol. The molecule has 0 saturated carbocycles. The van der Waals surface area contributed by atoms with Gasteiger partial charge in [0.05, 0.1) is 0 Å². The third-order valence-corrected chi connectivity index (χ3v) is 2.16. The molecule has 0 aliphatic heterocycles. The van der Waals surface area contributed by atoms with E-state index in [0.717, 1.165) is 6.08 Å². The maximum Gasteiger partial charge on any atom is 0.231 e. The van der Waals surface area contributed by atoms with Gasteiger partial charge in [-0.25, -0.2) is 10.2 Å². The Labute approximate surface area is 91.8 Å². The summed E-state index contributed by atoms with van der Waals surface area (Å²) in [5, 5.41) is 5.40. The molecule has 1 N–H and O–H groups in total. The van der Waals surface area contributed by atoms with Gasteiger partial charge < -0.3 is 0 Å². The van der Waals surface area contributed by atoms with E-state index in [2.05, 4.69) is 45.0 Å². The normalized spacial score (nSPS) is 9.07. The molecule has 0 fully saturated rings. The van der Waals surface area contributed by atoms with Crippen LogP contribution < -0.4 is 0 Å². The van der Waals surface area contributed by atoms with Gasteiger partial charge in [0.25, 0.3) is 0 Å². The van der Waals surface area contributed by atoms with Crippen molar-refractivity contribution in [1.29, 1.82) is 5.41 Å². The summed E-state index contributed by atoms with van der Waals surface area (Å²) in [7, 11) is 0. The highest BCUT2D eigenvalue weighted by atomic mass is 16.1. The third-order valence-electron chi connectivity index (χ3n) is 2.16. The molecule has 0 amide bonds. The van der Waals surface area contributed by atoms with Crippen LogP contribution in [0.4, 0.5) is 0 Å². The van der Waals surface area contributed by atoms with Crippen LogP contribution in [0.5, 0.6) is 0 Å². The van der Waals surface area contributed by atoms with E-state index < -0.39 is 0 Å². The highest BCUT2D eigenvalue weighted by molar-refractivity contribution is 5.26. The van der Waals surface area contributed by atoms with E-state index in [1.807, 2.05) is 0 Å². The lowest BCUT2D eigenvalue weighted by Crippen LogP contribution is -1.89. The Bertz CT molecular complexity index is 312. The first-order chi connectivity index (χ1) is 7.15. The number of benzene rings is 1. The van der Waals surface area contributed by atoms with Gasteiger partial charge in [-0.05, 0) is 23.5 Å². The molecule has 0 spiro atoms. The molecule has 2 heteroatoms. The van der Waals surface area contributed by atoms with Crippen LogP contribution in [0.15, 0.2) is 24.3 Å². The average molecular weight is 205 g/mol. The van der Waals surface area contributed by atoms with Crippen LogP contribution in [0.3, 0.4) is 0 Å². The molecule has 0 heterocycles. The Morgan fingerprint density at radius 2 is 2.00 bits per heavy atom. The van der Waals surface area contributed by atoms with E-state index in [4.69, 9.17) is 10.2 Å². The first-order valence-electron chi connectivity index (χ1n) is 5.28. The summed E-state index contributed by atoms with van der Waals surface area (Å²) in [6, 6.07) is 8.92. The lowest BCUT2D eigenvalue weighted by molar-refractivity contribution is 0.563. The van der Waals surface area contributed by atoms with Crippen molar-refractivity contribution < 1.29 is 4.79 Å². The van der Waals surface area contributed by atoms with Crippen LogP contribution >= 0.6 is 0 Å². The molecule has 0 aliphatic carbocycles. The van der Waals surface area contributed by atoms with Gasteiger partial charge in [0.1, 0.15) is 0 Å². The minimum Gasteiger partial charge on any atom is -0.222 e. The quantitative estimate of drug-likeness (QED) is 0.593. The minimum absolute atomic E-state index is 0.654. The minimum atomic E-state index is 0.654. The van der Waals surface area contributed by atoms with Gasteiger partial charge in [-0.2, -0.15) is 0 Å². The number of aryl methyl sites for hydroxylation is 1. The molecule has 0 radical (unpaired) electrons.